The number of rotatable bonds is 7. The number of anilines is 1. The summed E-state index contributed by atoms with van der Waals surface area (Å²) in [6, 6.07) is 16.6. The normalized spacial score (nSPS) is 11.0. The SMILES string of the molecule is CCCCC(=O)Oc1c(Cl)c(Cl)cc(Cl)c1NC(=O)c1c(C)c(-c2ccccc2)nc2ccc(Br)cc12. The van der Waals surface area contributed by atoms with Crippen molar-refractivity contribution in [3.05, 3.63) is 85.3 Å². The largest absolute Gasteiger partial charge is 0.423 e. The Balaban J connectivity index is 1.85. The lowest BCUT2D eigenvalue weighted by atomic mass is 9.97. The molecule has 1 aromatic heterocycles. The number of benzene rings is 3. The summed E-state index contributed by atoms with van der Waals surface area (Å²) in [5, 5.41) is 3.63. The van der Waals surface area contributed by atoms with Gasteiger partial charge < -0.3 is 10.1 Å². The van der Waals surface area contributed by atoms with Gasteiger partial charge in [-0.05, 0) is 43.2 Å². The molecule has 0 atom stereocenters. The molecule has 0 radical (unpaired) electrons. The standard InChI is InChI=1S/C28H22BrCl3N2O3/c1-3-4-10-22(35)37-27-24(32)19(30)14-20(31)26(27)34-28(36)23-15(2)25(16-8-6-5-7-9-16)33-21-12-11-17(29)13-18(21)23/h5-9,11-14H,3-4,10H2,1-2H3,(H,34,36). The molecule has 4 rings (SSSR count). The summed E-state index contributed by atoms with van der Waals surface area (Å²) in [5.41, 5.74) is 3.32. The number of nitrogens with zero attached hydrogens (tertiary/aromatic N) is 1. The molecule has 9 heteroatoms. The number of fused-ring (bicyclic) bond motifs is 1. The number of carbonyl (C=O) groups excluding carboxylic acids is 2. The summed E-state index contributed by atoms with van der Waals surface area (Å²) >= 11 is 22.6. The third-order valence-corrected chi connectivity index (χ3v) is 7.34. The van der Waals surface area contributed by atoms with Gasteiger partial charge in [0.15, 0.2) is 5.75 Å². The van der Waals surface area contributed by atoms with Gasteiger partial charge in [-0.3, -0.25) is 9.59 Å². The molecule has 0 unspecified atom stereocenters. The van der Waals surface area contributed by atoms with E-state index in [0.717, 1.165) is 16.5 Å². The Morgan fingerprint density at radius 2 is 1.76 bits per heavy atom. The van der Waals surface area contributed by atoms with Crippen LogP contribution in [0, 0.1) is 6.92 Å². The highest BCUT2D eigenvalue weighted by Crippen LogP contribution is 2.44. The fraction of sp³-hybridized carbons (Fsp3) is 0.179. The lowest BCUT2D eigenvalue weighted by Crippen LogP contribution is -2.18. The molecule has 0 aliphatic heterocycles. The first-order chi connectivity index (χ1) is 17.7. The second-order valence-electron chi connectivity index (χ2n) is 8.38. The Labute approximate surface area is 238 Å². The molecule has 0 aliphatic carbocycles. The number of hydrogen-bond acceptors (Lipinski definition) is 4. The molecule has 0 aliphatic rings. The number of unbranched alkanes of at least 4 members (excludes halogenated alkanes) is 1. The van der Waals surface area contributed by atoms with E-state index < -0.39 is 11.9 Å². The predicted molar refractivity (Wildman–Crippen MR) is 154 cm³/mol. The highest BCUT2D eigenvalue weighted by Gasteiger charge is 2.25. The molecule has 0 saturated heterocycles. The molecular weight excluding hydrogens is 599 g/mol. The number of aromatic nitrogens is 1. The van der Waals surface area contributed by atoms with Crippen LogP contribution in [0.1, 0.15) is 42.1 Å². The van der Waals surface area contributed by atoms with Gasteiger partial charge in [-0.25, -0.2) is 4.98 Å². The van der Waals surface area contributed by atoms with E-state index >= 15 is 0 Å². The van der Waals surface area contributed by atoms with E-state index in [1.807, 2.05) is 62.4 Å². The average Bonchev–Trinajstić information content (AvgIpc) is 2.88. The minimum atomic E-state index is -0.501. The van der Waals surface area contributed by atoms with Crippen LogP contribution in [0.2, 0.25) is 15.1 Å². The quantitative estimate of drug-likeness (QED) is 0.127. The first kappa shape index (κ1) is 27.4. The third-order valence-electron chi connectivity index (χ3n) is 5.78. The number of esters is 1. The number of pyridine rings is 1. The average molecular weight is 621 g/mol. The highest BCUT2D eigenvalue weighted by molar-refractivity contribution is 9.10. The molecule has 3 aromatic carbocycles. The van der Waals surface area contributed by atoms with Gasteiger partial charge in [0.1, 0.15) is 10.7 Å². The summed E-state index contributed by atoms with van der Waals surface area (Å²) in [6.45, 7) is 3.80. The summed E-state index contributed by atoms with van der Waals surface area (Å²) in [7, 11) is 0. The number of halogens is 4. The lowest BCUT2D eigenvalue weighted by Gasteiger charge is -2.18. The molecular formula is C28H22BrCl3N2O3. The zero-order valence-corrected chi connectivity index (χ0v) is 23.9. The number of amides is 1. The van der Waals surface area contributed by atoms with E-state index in [4.69, 9.17) is 44.5 Å². The van der Waals surface area contributed by atoms with Gasteiger partial charge >= 0.3 is 5.97 Å². The Kier molecular flexibility index (Phi) is 8.75. The van der Waals surface area contributed by atoms with Gasteiger partial charge in [0, 0.05) is 21.8 Å². The van der Waals surface area contributed by atoms with Crippen molar-refractivity contribution in [2.45, 2.75) is 33.1 Å². The highest BCUT2D eigenvalue weighted by atomic mass is 79.9. The first-order valence-corrected chi connectivity index (χ1v) is 13.5. The van der Waals surface area contributed by atoms with Crippen LogP contribution < -0.4 is 10.1 Å². The lowest BCUT2D eigenvalue weighted by molar-refractivity contribution is -0.134. The summed E-state index contributed by atoms with van der Waals surface area (Å²) < 4.78 is 6.32. The second kappa shape index (κ2) is 11.8. The molecule has 4 aromatic rings. The smallest absolute Gasteiger partial charge is 0.311 e. The third kappa shape index (κ3) is 5.93. The van der Waals surface area contributed by atoms with Crippen molar-refractivity contribution in [2.75, 3.05) is 5.32 Å². The number of carbonyl (C=O) groups is 2. The van der Waals surface area contributed by atoms with Crippen molar-refractivity contribution in [1.82, 2.24) is 4.98 Å². The zero-order chi connectivity index (χ0) is 26.7. The molecule has 190 valence electrons. The second-order valence-corrected chi connectivity index (χ2v) is 10.5. The number of hydrogen-bond donors (Lipinski definition) is 1. The number of ether oxygens (including phenoxy) is 1. The maximum atomic E-state index is 13.9. The van der Waals surface area contributed by atoms with Crippen LogP contribution in [0.5, 0.6) is 5.75 Å². The van der Waals surface area contributed by atoms with E-state index in [0.29, 0.717) is 34.1 Å². The van der Waals surface area contributed by atoms with Gasteiger partial charge in [-0.15, -0.1) is 0 Å². The molecule has 37 heavy (non-hydrogen) atoms. The van der Waals surface area contributed by atoms with Crippen molar-refractivity contribution in [2.24, 2.45) is 0 Å². The van der Waals surface area contributed by atoms with Crippen molar-refractivity contribution < 1.29 is 14.3 Å². The molecule has 0 saturated carbocycles. The fourth-order valence-corrected chi connectivity index (χ4v) is 4.99. The van der Waals surface area contributed by atoms with Crippen LogP contribution in [0.15, 0.2) is 59.1 Å². The Morgan fingerprint density at radius 3 is 2.46 bits per heavy atom. The first-order valence-electron chi connectivity index (χ1n) is 11.6. The van der Waals surface area contributed by atoms with E-state index in [9.17, 15) is 9.59 Å². The molecule has 0 spiro atoms. The van der Waals surface area contributed by atoms with E-state index in [-0.39, 0.29) is 32.9 Å². The topological polar surface area (TPSA) is 68.3 Å². The Morgan fingerprint density at radius 1 is 1.03 bits per heavy atom. The van der Waals surface area contributed by atoms with Gasteiger partial charge in [-0.2, -0.15) is 0 Å². The van der Waals surface area contributed by atoms with Crippen molar-refractivity contribution >= 4 is 79.2 Å². The van der Waals surface area contributed by atoms with Crippen LogP contribution in [0.4, 0.5) is 5.69 Å². The molecule has 1 heterocycles. The summed E-state index contributed by atoms with van der Waals surface area (Å²) in [5.74, 6) is -1.06. The minimum Gasteiger partial charge on any atom is -0.423 e. The summed E-state index contributed by atoms with van der Waals surface area (Å²) in [6.07, 6.45) is 1.65. The molecule has 1 amide bonds. The van der Waals surface area contributed by atoms with Gasteiger partial charge in [0.25, 0.3) is 5.91 Å². The number of nitrogens with one attached hydrogen (secondary N) is 1. The van der Waals surface area contributed by atoms with E-state index in [1.165, 1.54) is 6.07 Å². The fourth-order valence-electron chi connectivity index (χ4n) is 3.95. The molecule has 0 bridgehead atoms. The van der Waals surface area contributed by atoms with Crippen molar-refractivity contribution in [1.29, 1.82) is 0 Å². The molecule has 5 nitrogen and oxygen atoms in total. The van der Waals surface area contributed by atoms with Crippen LogP contribution in [0.25, 0.3) is 22.2 Å². The van der Waals surface area contributed by atoms with E-state index in [2.05, 4.69) is 21.2 Å². The maximum Gasteiger partial charge on any atom is 0.311 e. The Bertz CT molecular complexity index is 1510. The van der Waals surface area contributed by atoms with Crippen LogP contribution >= 0.6 is 50.7 Å². The van der Waals surface area contributed by atoms with Crippen LogP contribution in [0.3, 0.4) is 0 Å². The van der Waals surface area contributed by atoms with E-state index in [1.54, 1.807) is 0 Å². The molecule has 0 fully saturated rings. The van der Waals surface area contributed by atoms with Crippen molar-refractivity contribution in [3.8, 4) is 17.0 Å². The van der Waals surface area contributed by atoms with Crippen LogP contribution in [-0.4, -0.2) is 16.9 Å². The van der Waals surface area contributed by atoms with Gasteiger partial charge in [-0.1, -0.05) is 94.4 Å². The zero-order valence-electron chi connectivity index (χ0n) is 20.0. The van der Waals surface area contributed by atoms with Crippen molar-refractivity contribution in [3.63, 3.8) is 0 Å². The minimum absolute atomic E-state index is 0.0183. The van der Waals surface area contributed by atoms with Crippen LogP contribution in [-0.2, 0) is 4.79 Å². The maximum absolute atomic E-state index is 13.9. The molecule has 1 N–H and O–H groups in total. The van der Waals surface area contributed by atoms with Gasteiger partial charge in [0.05, 0.1) is 26.8 Å². The predicted octanol–water partition coefficient (Wildman–Crippen LogP) is 9.28. The monoisotopic (exact) mass is 618 g/mol. The summed E-state index contributed by atoms with van der Waals surface area (Å²) in [4.78, 5) is 31.1. The van der Waals surface area contributed by atoms with Gasteiger partial charge in [0.2, 0.25) is 0 Å². The Hall–Kier alpha value is -2.64.